The van der Waals surface area contributed by atoms with E-state index in [4.69, 9.17) is 11.5 Å². The number of halogens is 4. The molecule has 0 aliphatic heterocycles. The van der Waals surface area contributed by atoms with Crippen LogP contribution in [0.25, 0.3) is 21.9 Å². The van der Waals surface area contributed by atoms with Gasteiger partial charge < -0.3 is 26.2 Å². The molecule has 0 bridgehead atoms. The Morgan fingerprint density at radius 1 is 1.14 bits per heavy atom. The van der Waals surface area contributed by atoms with E-state index in [-0.39, 0.29) is 12.2 Å². The van der Waals surface area contributed by atoms with Gasteiger partial charge in [-0.3, -0.25) is 0 Å². The third-order valence-corrected chi connectivity index (χ3v) is 7.79. The van der Waals surface area contributed by atoms with Gasteiger partial charge in [0, 0.05) is 28.9 Å². The third-order valence-electron chi connectivity index (χ3n) is 7.15. The van der Waals surface area contributed by atoms with Gasteiger partial charge in [0.1, 0.15) is 17.6 Å². The zero-order valence-corrected chi connectivity index (χ0v) is 20.0. The Bertz CT molecular complexity index is 1430. The number of nitrogen functional groups attached to an aromatic ring is 2. The molecule has 1 fully saturated rings. The van der Waals surface area contributed by atoms with Crippen molar-refractivity contribution in [2.75, 3.05) is 11.5 Å². The van der Waals surface area contributed by atoms with Crippen LogP contribution in [-0.2, 0) is 6.42 Å². The van der Waals surface area contributed by atoms with E-state index in [1.165, 1.54) is 10.8 Å². The maximum atomic E-state index is 14.5. The summed E-state index contributed by atoms with van der Waals surface area (Å²) in [6.45, 7) is 0. The lowest BCUT2D eigenvalue weighted by Crippen LogP contribution is -2.47. The minimum Gasteiger partial charge on any atom is -0.398 e. The molecular formula is C24H23BrF3N5O2. The first-order valence-corrected chi connectivity index (χ1v) is 11.8. The van der Waals surface area contributed by atoms with E-state index in [1.54, 1.807) is 42.6 Å². The highest BCUT2D eigenvalue weighted by Crippen LogP contribution is 2.57. The molecule has 35 heavy (non-hydrogen) atoms. The van der Waals surface area contributed by atoms with Crippen LogP contribution in [0.3, 0.4) is 0 Å². The molecule has 1 saturated carbocycles. The number of pyridine rings is 2. The molecule has 4 aromatic rings. The minimum atomic E-state index is -4.75. The number of aryl methyl sites for hydroxylation is 1. The Kier molecular flexibility index (Phi) is 5.69. The van der Waals surface area contributed by atoms with Crippen LogP contribution in [0, 0.1) is 5.41 Å². The van der Waals surface area contributed by atoms with Gasteiger partial charge in [0.05, 0.1) is 27.6 Å². The maximum Gasteiger partial charge on any atom is 0.397 e. The molecule has 3 heterocycles. The normalized spacial score (nSPS) is 25.0. The van der Waals surface area contributed by atoms with Crippen LogP contribution >= 0.6 is 15.9 Å². The van der Waals surface area contributed by atoms with Crippen molar-refractivity contribution < 1.29 is 23.4 Å². The van der Waals surface area contributed by atoms with E-state index in [0.29, 0.717) is 32.3 Å². The van der Waals surface area contributed by atoms with Crippen LogP contribution in [0.1, 0.15) is 24.4 Å². The van der Waals surface area contributed by atoms with Crippen molar-refractivity contribution in [1.82, 2.24) is 14.5 Å². The van der Waals surface area contributed by atoms with E-state index < -0.39 is 42.7 Å². The van der Waals surface area contributed by atoms with Crippen LogP contribution in [0.2, 0.25) is 0 Å². The fraction of sp³-hybridized carbons (Fsp3) is 0.333. The molecule has 6 N–H and O–H groups in total. The Balaban J connectivity index is 1.48. The van der Waals surface area contributed by atoms with Crippen molar-refractivity contribution in [3.63, 3.8) is 0 Å². The van der Waals surface area contributed by atoms with Crippen molar-refractivity contribution in [3.05, 3.63) is 58.8 Å². The molecule has 1 aliphatic carbocycles. The van der Waals surface area contributed by atoms with Gasteiger partial charge in [-0.2, -0.15) is 13.2 Å². The molecule has 0 radical (unpaired) electrons. The summed E-state index contributed by atoms with van der Waals surface area (Å²) in [5, 5.41) is 23.0. The largest absolute Gasteiger partial charge is 0.398 e. The van der Waals surface area contributed by atoms with E-state index in [0.717, 1.165) is 5.39 Å². The number of anilines is 2. The molecule has 11 heteroatoms. The second-order valence-corrected chi connectivity index (χ2v) is 9.96. The van der Waals surface area contributed by atoms with E-state index in [9.17, 15) is 23.4 Å². The van der Waals surface area contributed by atoms with Crippen LogP contribution in [0.4, 0.5) is 24.7 Å². The number of hydrogen-bond acceptors (Lipinski definition) is 6. The molecule has 0 saturated heterocycles. The van der Waals surface area contributed by atoms with Gasteiger partial charge in [0.2, 0.25) is 0 Å². The van der Waals surface area contributed by atoms with Crippen molar-refractivity contribution in [1.29, 1.82) is 0 Å². The lowest BCUT2D eigenvalue weighted by atomic mass is 9.77. The SMILES string of the molecule is Nc1nc2cc(CC[C@@]3(C(F)(F)F)C[C@@H](n4ccc5c(N)ccnc54)[C@H](O)[C@@H]3O)ccc2cc1Br. The van der Waals surface area contributed by atoms with Gasteiger partial charge >= 0.3 is 6.18 Å². The average molecular weight is 550 g/mol. The summed E-state index contributed by atoms with van der Waals surface area (Å²) in [6.07, 6.45) is -6.24. The molecular weight excluding hydrogens is 527 g/mol. The van der Waals surface area contributed by atoms with E-state index >= 15 is 0 Å². The highest BCUT2D eigenvalue weighted by Gasteiger charge is 2.66. The number of benzene rings is 1. The number of rotatable bonds is 4. The first kappa shape index (κ1) is 23.8. The fourth-order valence-corrected chi connectivity index (χ4v) is 5.50. The second-order valence-electron chi connectivity index (χ2n) is 9.10. The summed E-state index contributed by atoms with van der Waals surface area (Å²) in [5.74, 6) is 0.284. The monoisotopic (exact) mass is 549 g/mol. The summed E-state index contributed by atoms with van der Waals surface area (Å²) >= 11 is 3.31. The summed E-state index contributed by atoms with van der Waals surface area (Å²) in [6, 6.07) is 9.22. The van der Waals surface area contributed by atoms with Crippen molar-refractivity contribution in [3.8, 4) is 0 Å². The number of fused-ring (bicyclic) bond motifs is 2. The third kappa shape index (κ3) is 3.82. The number of nitrogens with two attached hydrogens (primary N) is 2. The molecule has 1 aromatic carbocycles. The van der Waals surface area contributed by atoms with Gasteiger partial charge in [-0.15, -0.1) is 0 Å². The molecule has 5 rings (SSSR count). The highest BCUT2D eigenvalue weighted by molar-refractivity contribution is 9.10. The number of aromatic nitrogens is 3. The summed E-state index contributed by atoms with van der Waals surface area (Å²) in [5.41, 5.74) is 11.3. The van der Waals surface area contributed by atoms with Crippen LogP contribution in [-0.4, -0.2) is 43.1 Å². The number of aliphatic hydroxyl groups excluding tert-OH is 2. The number of alkyl halides is 3. The molecule has 0 spiro atoms. The van der Waals surface area contributed by atoms with Gasteiger partial charge in [-0.1, -0.05) is 12.1 Å². The molecule has 3 aromatic heterocycles. The van der Waals surface area contributed by atoms with Crippen LogP contribution < -0.4 is 11.5 Å². The minimum absolute atomic E-state index is 0.0290. The Hall–Kier alpha value is -2.89. The number of nitrogens with zero attached hydrogens (tertiary/aromatic N) is 3. The highest BCUT2D eigenvalue weighted by atomic mass is 79.9. The van der Waals surface area contributed by atoms with E-state index in [1.807, 2.05) is 0 Å². The molecule has 4 atom stereocenters. The zero-order chi connectivity index (χ0) is 25.1. The first-order valence-electron chi connectivity index (χ1n) is 11.0. The van der Waals surface area contributed by atoms with Crippen molar-refractivity contribution in [2.24, 2.45) is 5.41 Å². The van der Waals surface area contributed by atoms with Gasteiger partial charge in [0.25, 0.3) is 0 Å². The summed E-state index contributed by atoms with van der Waals surface area (Å²) in [7, 11) is 0. The van der Waals surface area contributed by atoms with Gasteiger partial charge in [-0.25, -0.2) is 9.97 Å². The zero-order valence-electron chi connectivity index (χ0n) is 18.4. The standard InChI is InChI=1S/C24H23BrF3N5O2/c25-15-10-13-2-1-12(9-17(13)32-21(15)30)3-6-23(24(26,27)28)11-18(19(34)20(23)35)33-8-5-14-16(29)4-7-31-22(14)33/h1-2,4-5,7-10,18-20,34-35H,3,6,11H2,(H2,29,31)(H2,30,32)/t18-,19+,20+,23-/m1/s1. The van der Waals surface area contributed by atoms with Gasteiger partial charge in [0.15, 0.2) is 0 Å². The summed E-state index contributed by atoms with van der Waals surface area (Å²) in [4.78, 5) is 8.53. The van der Waals surface area contributed by atoms with Crippen LogP contribution in [0.5, 0.6) is 0 Å². The van der Waals surface area contributed by atoms with Crippen molar-refractivity contribution >= 4 is 49.4 Å². The smallest absolute Gasteiger partial charge is 0.397 e. The molecule has 184 valence electrons. The van der Waals surface area contributed by atoms with E-state index in [2.05, 4.69) is 25.9 Å². The lowest BCUT2D eigenvalue weighted by molar-refractivity contribution is -0.255. The predicted octanol–water partition coefficient (Wildman–Crippen LogP) is 4.36. The number of aliphatic hydroxyl groups is 2. The predicted molar refractivity (Wildman–Crippen MR) is 130 cm³/mol. The maximum absolute atomic E-state index is 14.5. The Labute approximate surface area is 206 Å². The fourth-order valence-electron chi connectivity index (χ4n) is 5.16. The quantitative estimate of drug-likeness (QED) is 0.300. The summed E-state index contributed by atoms with van der Waals surface area (Å²) < 4.78 is 45.7. The molecule has 0 amide bonds. The molecule has 1 aliphatic rings. The van der Waals surface area contributed by atoms with Crippen LogP contribution in [0.15, 0.2) is 53.3 Å². The topological polar surface area (TPSA) is 123 Å². The first-order chi connectivity index (χ1) is 16.5. The Morgan fingerprint density at radius 3 is 2.66 bits per heavy atom. The van der Waals surface area contributed by atoms with Gasteiger partial charge in [-0.05, 0) is 65.0 Å². The lowest BCUT2D eigenvalue weighted by Gasteiger charge is -2.35. The Morgan fingerprint density at radius 2 is 1.91 bits per heavy atom. The van der Waals surface area contributed by atoms with Crippen molar-refractivity contribution in [2.45, 2.75) is 43.7 Å². The second kappa shape index (κ2) is 8.35. The molecule has 7 nitrogen and oxygen atoms in total. The molecule has 0 unspecified atom stereocenters. The number of hydrogen-bond donors (Lipinski definition) is 4. The average Bonchev–Trinajstić information content (AvgIpc) is 3.34.